The summed E-state index contributed by atoms with van der Waals surface area (Å²) in [6, 6.07) is 0. The number of halogens is 1. The average molecular weight is 229 g/mol. The Hall–Kier alpha value is 0.861. The van der Waals surface area contributed by atoms with Crippen LogP contribution in [0, 0.1) is 0 Å². The highest BCUT2D eigenvalue weighted by Crippen LogP contribution is 2.11. The summed E-state index contributed by atoms with van der Waals surface area (Å²) in [5.41, 5.74) is 0. The molecule has 0 aromatic rings. The highest BCUT2D eigenvalue weighted by Gasteiger charge is 2.27. The summed E-state index contributed by atoms with van der Waals surface area (Å²) in [5, 5.41) is 0. The Kier molecular flexibility index (Phi) is 5.16. The van der Waals surface area contributed by atoms with E-state index in [1.165, 1.54) is 0 Å². The predicted octanol–water partition coefficient (Wildman–Crippen LogP) is 1.79. The first kappa shape index (κ1) is 11.9. The van der Waals surface area contributed by atoms with Gasteiger partial charge in [-0.15, -0.1) is 11.1 Å². The Morgan fingerprint density at radius 1 is 1.09 bits per heavy atom. The number of hydrogen-bond donors (Lipinski definition) is 0. The molecular formula is C5H17ClO2Si3. The average Bonchev–Trinajstić information content (AvgIpc) is 1.53. The van der Waals surface area contributed by atoms with Crippen molar-refractivity contribution >= 4 is 37.0 Å². The van der Waals surface area contributed by atoms with Gasteiger partial charge in [-0.25, -0.2) is 0 Å². The maximum absolute atomic E-state index is 5.83. The van der Waals surface area contributed by atoms with E-state index >= 15 is 0 Å². The summed E-state index contributed by atoms with van der Waals surface area (Å²) in [6.07, 6.45) is 0. The molecule has 0 bridgehead atoms. The van der Waals surface area contributed by atoms with Crippen molar-refractivity contribution in [1.29, 1.82) is 0 Å². The lowest BCUT2D eigenvalue weighted by Gasteiger charge is -2.26. The third kappa shape index (κ3) is 7.23. The molecule has 0 saturated carbocycles. The van der Waals surface area contributed by atoms with Gasteiger partial charge in [-0.3, -0.25) is 0 Å². The van der Waals surface area contributed by atoms with Crippen LogP contribution in [0.3, 0.4) is 0 Å². The van der Waals surface area contributed by atoms with E-state index in [0.29, 0.717) is 0 Å². The van der Waals surface area contributed by atoms with Gasteiger partial charge in [-0.05, 0) is 32.7 Å². The second-order valence-corrected chi connectivity index (χ2v) is 12.9. The van der Waals surface area contributed by atoms with Crippen LogP contribution in [0.4, 0.5) is 0 Å². The Balaban J connectivity index is 3.79. The van der Waals surface area contributed by atoms with Crippen molar-refractivity contribution in [2.24, 2.45) is 0 Å². The topological polar surface area (TPSA) is 18.5 Å². The van der Waals surface area contributed by atoms with Gasteiger partial charge in [0, 0.05) is 0 Å². The quantitative estimate of drug-likeness (QED) is 0.540. The fourth-order valence-electron chi connectivity index (χ4n) is 0.986. The van der Waals surface area contributed by atoms with Gasteiger partial charge in [0.2, 0.25) is 0 Å². The molecule has 0 saturated heterocycles. The Morgan fingerprint density at radius 2 is 1.55 bits per heavy atom. The lowest BCUT2D eigenvalue weighted by Crippen LogP contribution is -2.41. The zero-order valence-corrected chi connectivity index (χ0v) is 11.9. The molecule has 0 fully saturated rings. The van der Waals surface area contributed by atoms with Crippen LogP contribution in [0.5, 0.6) is 0 Å². The summed E-state index contributed by atoms with van der Waals surface area (Å²) in [5.74, 6) is 0. The summed E-state index contributed by atoms with van der Waals surface area (Å²) in [7, 11) is -4.22. The molecule has 0 heterocycles. The van der Waals surface area contributed by atoms with E-state index in [1.54, 1.807) is 0 Å². The minimum Gasteiger partial charge on any atom is -0.440 e. The van der Waals surface area contributed by atoms with E-state index in [1.807, 2.05) is 6.55 Å². The van der Waals surface area contributed by atoms with Crippen molar-refractivity contribution in [3.8, 4) is 0 Å². The Bertz CT molecular complexity index is 106. The first-order chi connectivity index (χ1) is 4.83. The maximum atomic E-state index is 5.83. The van der Waals surface area contributed by atoms with Crippen LogP contribution in [-0.4, -0.2) is 26.0 Å². The fourth-order valence-corrected chi connectivity index (χ4v) is 11.3. The van der Waals surface area contributed by atoms with Gasteiger partial charge in [0.25, 0.3) is 8.35 Å². The van der Waals surface area contributed by atoms with Crippen molar-refractivity contribution in [3.05, 3.63) is 0 Å². The molecule has 0 aliphatic heterocycles. The van der Waals surface area contributed by atoms with Crippen LogP contribution in [0.1, 0.15) is 0 Å². The van der Waals surface area contributed by atoms with E-state index in [9.17, 15) is 0 Å². The monoisotopic (exact) mass is 228 g/mol. The highest BCUT2D eigenvalue weighted by molar-refractivity contribution is 7.05. The van der Waals surface area contributed by atoms with E-state index in [-0.39, 0.29) is 0 Å². The van der Waals surface area contributed by atoms with Crippen molar-refractivity contribution in [1.82, 2.24) is 0 Å². The van der Waals surface area contributed by atoms with Crippen molar-refractivity contribution in [2.75, 3.05) is 0 Å². The molecule has 68 valence electrons. The van der Waals surface area contributed by atoms with Gasteiger partial charge in [0.1, 0.15) is 0 Å². The maximum Gasteiger partial charge on any atom is 0.311 e. The smallest absolute Gasteiger partial charge is 0.311 e. The molecule has 1 atom stereocenters. The van der Waals surface area contributed by atoms with Crippen molar-refractivity contribution in [3.63, 3.8) is 0 Å². The van der Waals surface area contributed by atoms with E-state index < -0.39 is 26.0 Å². The second-order valence-electron chi connectivity index (χ2n) is 3.23. The molecule has 0 aromatic heterocycles. The molecule has 6 heteroatoms. The first-order valence-corrected chi connectivity index (χ1v) is 12.8. The zero-order chi connectivity index (χ0) is 9.07. The molecule has 0 aromatic carbocycles. The van der Waals surface area contributed by atoms with Gasteiger partial charge in [0.05, 0.1) is 0 Å². The summed E-state index contributed by atoms with van der Waals surface area (Å²) in [6.45, 7) is 10.4. The summed E-state index contributed by atoms with van der Waals surface area (Å²) >= 11 is 5.83. The van der Waals surface area contributed by atoms with Crippen LogP contribution in [0.15, 0.2) is 0 Å². The van der Waals surface area contributed by atoms with Gasteiger partial charge in [0.15, 0.2) is 9.04 Å². The molecule has 0 N–H and O–H groups in total. The van der Waals surface area contributed by atoms with Gasteiger partial charge >= 0.3 is 8.56 Å². The molecule has 0 amide bonds. The van der Waals surface area contributed by atoms with Crippen LogP contribution in [0.25, 0.3) is 0 Å². The number of hydrogen-bond acceptors (Lipinski definition) is 2. The lowest BCUT2D eigenvalue weighted by atomic mass is 11.9. The third-order valence-electron chi connectivity index (χ3n) is 0.966. The van der Waals surface area contributed by atoms with Crippen LogP contribution < -0.4 is 0 Å². The van der Waals surface area contributed by atoms with Crippen molar-refractivity contribution < 1.29 is 8.23 Å². The van der Waals surface area contributed by atoms with Crippen LogP contribution >= 0.6 is 11.1 Å². The Morgan fingerprint density at radius 3 is 1.82 bits per heavy atom. The molecule has 11 heavy (non-hydrogen) atoms. The van der Waals surface area contributed by atoms with E-state index in [4.69, 9.17) is 19.3 Å². The second kappa shape index (κ2) is 4.78. The molecule has 0 aliphatic rings. The third-order valence-corrected chi connectivity index (χ3v) is 9.49. The van der Waals surface area contributed by atoms with E-state index in [2.05, 4.69) is 26.2 Å². The van der Waals surface area contributed by atoms with Gasteiger partial charge < -0.3 is 8.23 Å². The standard InChI is InChI=1S/C5H17ClO2Si3/c1-9(2)7-11(4,5)8-10(3)6/h9-10H,1-5H3. The largest absolute Gasteiger partial charge is 0.440 e. The molecule has 1 unspecified atom stereocenters. The Labute approximate surface area is 78.3 Å². The molecule has 2 nitrogen and oxygen atoms in total. The van der Waals surface area contributed by atoms with Crippen molar-refractivity contribution in [2.45, 2.75) is 32.7 Å². The first-order valence-electron chi connectivity index (χ1n) is 3.83. The molecule has 0 radical (unpaired) electrons. The minimum absolute atomic E-state index is 0.954. The van der Waals surface area contributed by atoms with Gasteiger partial charge in [-0.2, -0.15) is 0 Å². The lowest BCUT2D eigenvalue weighted by molar-refractivity contribution is 0.420. The fraction of sp³-hybridized carbons (Fsp3) is 1.00. The SMILES string of the molecule is C[SiH](C)O[Si](C)(C)O[SiH](C)Cl. The van der Waals surface area contributed by atoms with Crippen LogP contribution in [-0.2, 0) is 8.23 Å². The summed E-state index contributed by atoms with van der Waals surface area (Å²) in [4.78, 5) is 0. The predicted molar refractivity (Wildman–Crippen MR) is 57.4 cm³/mol. The summed E-state index contributed by atoms with van der Waals surface area (Å²) < 4.78 is 11.4. The minimum atomic E-state index is -1.84. The molecular weight excluding hydrogens is 212 g/mol. The number of rotatable bonds is 4. The van der Waals surface area contributed by atoms with Crippen LogP contribution in [0.2, 0.25) is 32.7 Å². The highest BCUT2D eigenvalue weighted by atomic mass is 35.6. The molecule has 0 aliphatic carbocycles. The molecule has 0 rings (SSSR count). The molecule has 0 spiro atoms. The van der Waals surface area contributed by atoms with E-state index in [0.717, 1.165) is 0 Å². The van der Waals surface area contributed by atoms with Gasteiger partial charge in [-0.1, -0.05) is 0 Å². The normalized spacial score (nSPS) is 15.5. The zero-order valence-electron chi connectivity index (χ0n) is 7.85.